The predicted octanol–water partition coefficient (Wildman–Crippen LogP) is 3.35. The average Bonchev–Trinajstić information content (AvgIpc) is 3.05. The molecule has 0 amide bonds. The lowest BCUT2D eigenvalue weighted by atomic mass is 9.95. The van der Waals surface area contributed by atoms with Gasteiger partial charge in [-0.05, 0) is 38.8 Å². The van der Waals surface area contributed by atoms with Crippen LogP contribution < -0.4 is 5.32 Å². The molecular formula is C15H22N2O2S. The van der Waals surface area contributed by atoms with Crippen molar-refractivity contribution in [2.45, 2.75) is 45.7 Å². The summed E-state index contributed by atoms with van der Waals surface area (Å²) in [5.74, 6) is 1.73. The van der Waals surface area contributed by atoms with Crippen molar-refractivity contribution in [2.24, 2.45) is 0 Å². The Kier molecular flexibility index (Phi) is 4.96. The molecule has 0 bridgehead atoms. The Hall–Kier alpha value is -1.17. The Morgan fingerprint density at radius 1 is 1.45 bits per heavy atom. The molecule has 5 heteroatoms. The fourth-order valence-corrected chi connectivity index (χ4v) is 2.80. The summed E-state index contributed by atoms with van der Waals surface area (Å²) >= 11 is 1.64. The van der Waals surface area contributed by atoms with Gasteiger partial charge in [0.15, 0.2) is 10.8 Å². The number of aliphatic hydroxyl groups excluding tert-OH is 1. The summed E-state index contributed by atoms with van der Waals surface area (Å²) < 4.78 is 5.58. The molecule has 0 aliphatic carbocycles. The van der Waals surface area contributed by atoms with Gasteiger partial charge in [-0.3, -0.25) is 0 Å². The molecule has 0 radical (unpaired) electrons. The van der Waals surface area contributed by atoms with Gasteiger partial charge in [-0.1, -0.05) is 6.92 Å². The first-order valence-electron chi connectivity index (χ1n) is 6.94. The van der Waals surface area contributed by atoms with Crippen molar-refractivity contribution >= 4 is 11.3 Å². The molecule has 2 N–H and O–H groups in total. The molecule has 0 fully saturated rings. The van der Waals surface area contributed by atoms with E-state index in [1.165, 1.54) is 4.88 Å². The van der Waals surface area contributed by atoms with E-state index in [0.717, 1.165) is 35.9 Å². The monoisotopic (exact) mass is 294 g/mol. The highest BCUT2D eigenvalue weighted by Crippen LogP contribution is 2.27. The molecule has 0 saturated heterocycles. The van der Waals surface area contributed by atoms with E-state index < -0.39 is 0 Å². The minimum atomic E-state index is -0.0276. The fourth-order valence-electron chi connectivity index (χ4n) is 1.99. The van der Waals surface area contributed by atoms with E-state index in [0.29, 0.717) is 0 Å². The van der Waals surface area contributed by atoms with Crippen molar-refractivity contribution in [3.05, 3.63) is 29.0 Å². The summed E-state index contributed by atoms with van der Waals surface area (Å²) in [7, 11) is 0. The van der Waals surface area contributed by atoms with E-state index in [2.05, 4.69) is 24.1 Å². The van der Waals surface area contributed by atoms with Crippen LogP contribution in [0.5, 0.6) is 0 Å². The third-order valence-corrected chi connectivity index (χ3v) is 4.65. The Labute approximate surface area is 123 Å². The molecule has 2 rings (SSSR count). The molecule has 2 heterocycles. The van der Waals surface area contributed by atoms with Crippen molar-refractivity contribution in [3.8, 4) is 10.8 Å². The zero-order valence-corrected chi connectivity index (χ0v) is 13.1. The first-order valence-corrected chi connectivity index (χ1v) is 7.75. The number of thiazole rings is 1. The Balaban J connectivity index is 1.99. The van der Waals surface area contributed by atoms with Crippen molar-refractivity contribution in [3.63, 3.8) is 0 Å². The van der Waals surface area contributed by atoms with Gasteiger partial charge < -0.3 is 14.8 Å². The van der Waals surface area contributed by atoms with E-state index in [4.69, 9.17) is 9.52 Å². The van der Waals surface area contributed by atoms with Gasteiger partial charge in [0, 0.05) is 29.8 Å². The minimum absolute atomic E-state index is 0.0276. The van der Waals surface area contributed by atoms with Gasteiger partial charge in [0.2, 0.25) is 0 Å². The predicted molar refractivity (Wildman–Crippen MR) is 81.8 cm³/mol. The van der Waals surface area contributed by atoms with Crippen LogP contribution >= 0.6 is 11.3 Å². The molecule has 1 unspecified atom stereocenters. The minimum Gasteiger partial charge on any atom is -0.459 e. The Morgan fingerprint density at radius 3 is 2.85 bits per heavy atom. The van der Waals surface area contributed by atoms with Gasteiger partial charge in [-0.15, -0.1) is 11.3 Å². The highest BCUT2D eigenvalue weighted by Gasteiger charge is 2.20. The quantitative estimate of drug-likeness (QED) is 0.822. The van der Waals surface area contributed by atoms with Crippen molar-refractivity contribution in [2.75, 3.05) is 6.61 Å². The zero-order valence-electron chi connectivity index (χ0n) is 12.3. The molecule has 0 spiro atoms. The average molecular weight is 294 g/mol. The molecule has 0 aliphatic heterocycles. The van der Waals surface area contributed by atoms with E-state index in [1.807, 2.05) is 25.3 Å². The number of furan rings is 1. The van der Waals surface area contributed by atoms with Crippen LogP contribution in [-0.4, -0.2) is 22.2 Å². The number of nitrogens with one attached hydrogen (secondary N) is 1. The van der Waals surface area contributed by atoms with Crippen LogP contribution in [0.1, 0.15) is 37.3 Å². The van der Waals surface area contributed by atoms with Gasteiger partial charge in [0.1, 0.15) is 5.76 Å². The van der Waals surface area contributed by atoms with Crippen LogP contribution in [-0.2, 0) is 6.54 Å². The second kappa shape index (κ2) is 6.52. The van der Waals surface area contributed by atoms with Crippen LogP contribution in [0.2, 0.25) is 0 Å². The third kappa shape index (κ3) is 3.69. The number of hydrogen-bond acceptors (Lipinski definition) is 5. The summed E-state index contributed by atoms with van der Waals surface area (Å²) in [6.45, 7) is 7.17. The molecule has 0 saturated carbocycles. The summed E-state index contributed by atoms with van der Waals surface area (Å²) in [5.41, 5.74) is -0.0276. The number of aromatic nitrogens is 1. The Bertz CT molecular complexity index is 550. The lowest BCUT2D eigenvalue weighted by molar-refractivity contribution is 0.215. The molecule has 110 valence electrons. The van der Waals surface area contributed by atoms with Gasteiger partial charge in [0.25, 0.3) is 0 Å². The van der Waals surface area contributed by atoms with Crippen LogP contribution in [0, 0.1) is 6.92 Å². The SMILES string of the molecule is CCC(C)(CCO)NCc1cnc(-c2ccc(C)o2)s1. The second-order valence-electron chi connectivity index (χ2n) is 5.28. The summed E-state index contributed by atoms with van der Waals surface area (Å²) in [6, 6.07) is 3.90. The van der Waals surface area contributed by atoms with Gasteiger partial charge >= 0.3 is 0 Å². The molecule has 0 aromatic carbocycles. The smallest absolute Gasteiger partial charge is 0.162 e. The number of nitrogens with zero attached hydrogens (tertiary/aromatic N) is 1. The first-order chi connectivity index (χ1) is 9.56. The summed E-state index contributed by atoms with van der Waals surface area (Å²) in [6.07, 6.45) is 3.63. The number of hydrogen-bond donors (Lipinski definition) is 2. The van der Waals surface area contributed by atoms with Crippen LogP contribution in [0.15, 0.2) is 22.7 Å². The van der Waals surface area contributed by atoms with Crippen LogP contribution in [0.3, 0.4) is 0 Å². The number of rotatable bonds is 7. The topological polar surface area (TPSA) is 58.3 Å². The van der Waals surface area contributed by atoms with E-state index >= 15 is 0 Å². The Morgan fingerprint density at radius 2 is 2.25 bits per heavy atom. The highest BCUT2D eigenvalue weighted by molar-refractivity contribution is 7.14. The number of aliphatic hydroxyl groups is 1. The van der Waals surface area contributed by atoms with E-state index in [-0.39, 0.29) is 12.1 Å². The summed E-state index contributed by atoms with van der Waals surface area (Å²) in [4.78, 5) is 5.58. The molecule has 2 aromatic heterocycles. The van der Waals surface area contributed by atoms with Crippen molar-refractivity contribution < 1.29 is 9.52 Å². The molecular weight excluding hydrogens is 272 g/mol. The van der Waals surface area contributed by atoms with E-state index in [9.17, 15) is 0 Å². The van der Waals surface area contributed by atoms with Crippen LogP contribution in [0.4, 0.5) is 0 Å². The maximum atomic E-state index is 9.12. The maximum absolute atomic E-state index is 9.12. The fraction of sp³-hybridized carbons (Fsp3) is 0.533. The van der Waals surface area contributed by atoms with Gasteiger partial charge in [0.05, 0.1) is 0 Å². The molecule has 4 nitrogen and oxygen atoms in total. The standard InChI is InChI=1S/C15H22N2O2S/c1-4-15(3,7-8-18)17-10-12-9-16-14(20-12)13-6-5-11(2)19-13/h5-6,9,17-18H,4,7-8,10H2,1-3H3. The van der Waals surface area contributed by atoms with Crippen LogP contribution in [0.25, 0.3) is 10.8 Å². The van der Waals surface area contributed by atoms with Gasteiger partial charge in [-0.25, -0.2) is 4.98 Å². The van der Waals surface area contributed by atoms with Gasteiger partial charge in [-0.2, -0.15) is 0 Å². The molecule has 0 aliphatic rings. The highest BCUT2D eigenvalue weighted by atomic mass is 32.1. The van der Waals surface area contributed by atoms with E-state index in [1.54, 1.807) is 11.3 Å². The first kappa shape index (κ1) is 15.2. The van der Waals surface area contributed by atoms with Crippen molar-refractivity contribution in [1.82, 2.24) is 10.3 Å². The lowest BCUT2D eigenvalue weighted by Crippen LogP contribution is -2.41. The summed E-state index contributed by atoms with van der Waals surface area (Å²) in [5, 5.41) is 13.5. The zero-order chi connectivity index (χ0) is 14.6. The number of aryl methyl sites for hydroxylation is 1. The molecule has 1 atom stereocenters. The largest absolute Gasteiger partial charge is 0.459 e. The lowest BCUT2D eigenvalue weighted by Gasteiger charge is -2.28. The molecule has 2 aromatic rings. The van der Waals surface area contributed by atoms with Crippen molar-refractivity contribution in [1.29, 1.82) is 0 Å². The molecule has 20 heavy (non-hydrogen) atoms. The third-order valence-electron chi connectivity index (χ3n) is 3.64. The normalized spacial score (nSPS) is 14.4. The maximum Gasteiger partial charge on any atom is 0.162 e. The second-order valence-corrected chi connectivity index (χ2v) is 6.40.